The van der Waals surface area contributed by atoms with Crippen molar-refractivity contribution in [2.75, 3.05) is 6.61 Å². The zero-order valence-corrected chi connectivity index (χ0v) is 10.4. The number of ether oxygens (including phenoxy) is 1. The molecule has 0 amide bonds. The molecule has 0 N–H and O–H groups in total. The van der Waals surface area contributed by atoms with Crippen molar-refractivity contribution in [1.82, 2.24) is 0 Å². The molecule has 108 valence electrons. The van der Waals surface area contributed by atoms with E-state index >= 15 is 0 Å². The van der Waals surface area contributed by atoms with Crippen LogP contribution < -0.4 is 0 Å². The molecule has 9 heteroatoms. The number of carbonyl (C=O) groups is 2. The number of esters is 1. The lowest BCUT2D eigenvalue weighted by Gasteiger charge is -2.40. The Balaban J connectivity index is 3.09. The van der Waals surface area contributed by atoms with E-state index in [2.05, 4.69) is 4.74 Å². The first kappa shape index (κ1) is 15.4. The van der Waals surface area contributed by atoms with Crippen molar-refractivity contribution in [1.29, 1.82) is 0 Å². The van der Waals surface area contributed by atoms with Gasteiger partial charge in [-0.25, -0.2) is 4.79 Å². The number of carbonyl (C=O) groups excluding carboxylic acids is 2. The molecule has 0 aliphatic rings. The third-order valence-corrected chi connectivity index (χ3v) is 3.19. The largest absolute Gasteiger partial charge is 0.460 e. The fourth-order valence-electron chi connectivity index (χ4n) is 1.18. The molecule has 0 fully saturated rings. The van der Waals surface area contributed by atoms with Gasteiger partial charge in [0.05, 0.1) is 6.61 Å². The third kappa shape index (κ3) is 3.91. The lowest BCUT2D eigenvalue weighted by Crippen LogP contribution is -2.17. The van der Waals surface area contributed by atoms with Crippen LogP contribution in [0.4, 0.5) is 19.4 Å². The number of Topliss-reactive ketones (excluding diaryl/α,β-unsaturated/α-hetero) is 1. The first-order chi connectivity index (χ1) is 8.35. The van der Waals surface area contributed by atoms with E-state index in [0.29, 0.717) is 12.1 Å². The van der Waals surface area contributed by atoms with E-state index in [1.54, 1.807) is 0 Å². The lowest BCUT2D eigenvalue weighted by atomic mass is 10.1. The molecule has 0 unspecified atom stereocenters. The van der Waals surface area contributed by atoms with Crippen LogP contribution in [0, 0.1) is 0 Å². The fourth-order valence-corrected chi connectivity index (χ4v) is 1.83. The molecule has 0 bridgehead atoms. The number of hydrogen-bond acceptors (Lipinski definition) is 3. The average molecular weight is 304 g/mol. The van der Waals surface area contributed by atoms with E-state index < -0.39 is 32.4 Å². The molecule has 0 aliphatic carbocycles. The van der Waals surface area contributed by atoms with Crippen LogP contribution in [-0.2, 0) is 9.53 Å². The van der Waals surface area contributed by atoms with Crippen LogP contribution in [-0.4, -0.2) is 18.4 Å². The Bertz CT molecular complexity index is 520. The Hall–Kier alpha value is -1.64. The molecule has 0 saturated carbocycles. The smallest absolute Gasteiger partial charge is 0.379 e. The minimum Gasteiger partial charge on any atom is -0.460 e. The van der Waals surface area contributed by atoms with E-state index in [0.717, 1.165) is 0 Å². The van der Waals surface area contributed by atoms with Crippen molar-refractivity contribution in [2.24, 2.45) is 0 Å². The van der Waals surface area contributed by atoms with Gasteiger partial charge in [-0.3, -0.25) is 4.79 Å². The molecule has 0 saturated heterocycles. The SMILES string of the molecule is CCOC(=O)C(=O)c1ccc(S(F)(F)(F)(F)F)cc1. The molecule has 0 heterocycles. The number of rotatable bonds is 4. The molecule has 0 spiro atoms. The quantitative estimate of drug-likeness (QED) is 0.364. The predicted octanol–water partition coefficient (Wildman–Crippen LogP) is 4.09. The van der Waals surface area contributed by atoms with Crippen molar-refractivity contribution in [3.63, 3.8) is 0 Å². The number of ketones is 1. The van der Waals surface area contributed by atoms with Crippen molar-refractivity contribution < 1.29 is 33.8 Å². The van der Waals surface area contributed by atoms with Crippen molar-refractivity contribution in [3.05, 3.63) is 29.8 Å². The second-order valence-corrected chi connectivity index (χ2v) is 5.95. The maximum Gasteiger partial charge on any atom is 0.379 e. The summed E-state index contributed by atoms with van der Waals surface area (Å²) < 4.78 is 66.3. The number of hydrogen-bond donors (Lipinski definition) is 0. The molecular weight excluding hydrogens is 295 g/mol. The van der Waals surface area contributed by atoms with Gasteiger partial charge in [0, 0.05) is 5.56 Å². The standard InChI is InChI=1S/C10H9F5O3S/c1-2-18-10(17)9(16)7-3-5-8(6-4-7)19(11,12,13,14)15/h3-6H,2H2,1H3. The summed E-state index contributed by atoms with van der Waals surface area (Å²) in [5.41, 5.74) is -0.455. The van der Waals surface area contributed by atoms with Gasteiger partial charge in [0.25, 0.3) is 5.78 Å². The maximum atomic E-state index is 12.4. The van der Waals surface area contributed by atoms with Gasteiger partial charge < -0.3 is 4.74 Å². The van der Waals surface area contributed by atoms with Crippen LogP contribution in [0.3, 0.4) is 0 Å². The molecule has 1 aromatic rings. The van der Waals surface area contributed by atoms with Crippen molar-refractivity contribution >= 4 is 22.0 Å². The molecule has 0 radical (unpaired) electrons. The molecule has 19 heavy (non-hydrogen) atoms. The summed E-state index contributed by atoms with van der Waals surface area (Å²) in [6.07, 6.45) is 0. The van der Waals surface area contributed by atoms with Crippen LogP contribution in [0.15, 0.2) is 29.2 Å². The van der Waals surface area contributed by atoms with E-state index in [1.807, 2.05) is 0 Å². The normalized spacial score (nSPS) is 15.3. The molecule has 0 aromatic heterocycles. The summed E-state index contributed by atoms with van der Waals surface area (Å²) in [6.45, 7) is 1.34. The molecule has 1 aromatic carbocycles. The van der Waals surface area contributed by atoms with Gasteiger partial charge in [-0.15, -0.1) is 0 Å². The van der Waals surface area contributed by atoms with Gasteiger partial charge in [-0.05, 0) is 31.2 Å². The minimum atomic E-state index is -9.76. The summed E-state index contributed by atoms with van der Waals surface area (Å²) in [7, 11) is -9.76. The maximum absolute atomic E-state index is 12.4. The summed E-state index contributed by atoms with van der Waals surface area (Å²) in [5, 5.41) is 0. The van der Waals surface area contributed by atoms with Crippen molar-refractivity contribution in [3.8, 4) is 0 Å². The van der Waals surface area contributed by atoms with Crippen LogP contribution in [0.2, 0.25) is 0 Å². The summed E-state index contributed by atoms with van der Waals surface area (Å²) in [4.78, 5) is 20.2. The van der Waals surface area contributed by atoms with Crippen LogP contribution in [0.5, 0.6) is 0 Å². The van der Waals surface area contributed by atoms with Crippen LogP contribution in [0.25, 0.3) is 0 Å². The molecule has 1 rings (SSSR count). The van der Waals surface area contributed by atoms with Crippen LogP contribution in [0.1, 0.15) is 17.3 Å². The molecular formula is C10H9F5O3S. The van der Waals surface area contributed by atoms with Crippen molar-refractivity contribution in [2.45, 2.75) is 11.8 Å². The van der Waals surface area contributed by atoms with Gasteiger partial charge in [0.15, 0.2) is 0 Å². The highest BCUT2D eigenvalue weighted by molar-refractivity contribution is 8.45. The Labute approximate surface area is 105 Å². The predicted molar refractivity (Wildman–Crippen MR) is 58.8 cm³/mol. The van der Waals surface area contributed by atoms with E-state index in [-0.39, 0.29) is 18.7 Å². The average Bonchev–Trinajstić information content (AvgIpc) is 2.25. The summed E-state index contributed by atoms with van der Waals surface area (Å²) >= 11 is 0. The van der Waals surface area contributed by atoms with E-state index in [4.69, 9.17) is 0 Å². The van der Waals surface area contributed by atoms with Gasteiger partial charge in [0.1, 0.15) is 4.90 Å². The zero-order chi connectivity index (χ0) is 15.0. The molecule has 3 nitrogen and oxygen atoms in total. The number of halogens is 5. The Morgan fingerprint density at radius 1 is 1.05 bits per heavy atom. The minimum absolute atomic E-state index is 0.0635. The molecule has 0 aliphatic heterocycles. The van der Waals surface area contributed by atoms with Gasteiger partial charge in [-0.1, -0.05) is 19.4 Å². The monoisotopic (exact) mass is 304 g/mol. The summed E-state index contributed by atoms with van der Waals surface area (Å²) in [5.74, 6) is -2.46. The topological polar surface area (TPSA) is 43.4 Å². The van der Waals surface area contributed by atoms with Crippen LogP contribution >= 0.6 is 10.2 Å². The zero-order valence-electron chi connectivity index (χ0n) is 9.54. The lowest BCUT2D eigenvalue weighted by molar-refractivity contribution is -0.137. The fraction of sp³-hybridized carbons (Fsp3) is 0.200. The third-order valence-electron chi connectivity index (χ3n) is 2.02. The van der Waals surface area contributed by atoms with E-state index in [1.165, 1.54) is 6.92 Å². The summed E-state index contributed by atoms with van der Waals surface area (Å²) in [6, 6.07) is 1.14. The first-order valence-corrected chi connectivity index (χ1v) is 6.86. The number of benzene rings is 1. The highest BCUT2D eigenvalue weighted by Gasteiger charge is 2.65. The Morgan fingerprint density at radius 3 is 1.89 bits per heavy atom. The second kappa shape index (κ2) is 3.92. The highest BCUT2D eigenvalue weighted by Crippen LogP contribution is 3.02. The van der Waals surface area contributed by atoms with Gasteiger partial charge in [0.2, 0.25) is 0 Å². The highest BCUT2D eigenvalue weighted by atomic mass is 32.5. The van der Waals surface area contributed by atoms with Gasteiger partial charge in [-0.2, -0.15) is 0 Å². The first-order valence-electron chi connectivity index (χ1n) is 4.91. The van der Waals surface area contributed by atoms with E-state index in [9.17, 15) is 29.0 Å². The molecule has 0 atom stereocenters. The second-order valence-electron chi connectivity index (χ2n) is 3.54. The Kier molecular flexibility index (Phi) is 3.18. The Morgan fingerprint density at radius 2 is 1.53 bits per heavy atom. The van der Waals surface area contributed by atoms with Gasteiger partial charge >= 0.3 is 16.2 Å².